The summed E-state index contributed by atoms with van der Waals surface area (Å²) in [5, 5.41) is 0. The maximum absolute atomic E-state index is 12.0. The molecule has 0 aliphatic carbocycles. The number of halogens is 1. The van der Waals surface area contributed by atoms with Gasteiger partial charge in [-0.25, -0.2) is 4.79 Å². The maximum Gasteiger partial charge on any atom is 0.419 e. The first kappa shape index (κ1) is 18.0. The van der Waals surface area contributed by atoms with Gasteiger partial charge in [-0.15, -0.1) is 11.3 Å². The van der Waals surface area contributed by atoms with Crippen molar-refractivity contribution in [1.29, 1.82) is 0 Å². The molecule has 0 N–H and O–H groups in total. The fourth-order valence-corrected chi connectivity index (χ4v) is 5.03. The van der Waals surface area contributed by atoms with E-state index in [4.69, 9.17) is 4.42 Å². The summed E-state index contributed by atoms with van der Waals surface area (Å²) in [6, 6.07) is 12.0. The Kier molecular flexibility index (Phi) is 5.59. The highest BCUT2D eigenvalue weighted by atomic mass is 79.9. The molecule has 0 spiro atoms. The van der Waals surface area contributed by atoms with Gasteiger partial charge < -0.3 is 9.32 Å². The summed E-state index contributed by atoms with van der Waals surface area (Å²) < 4.78 is 8.25. The predicted molar refractivity (Wildman–Crippen MR) is 109 cm³/mol. The summed E-state index contributed by atoms with van der Waals surface area (Å²) in [4.78, 5) is 18.4. The van der Waals surface area contributed by atoms with E-state index in [1.165, 1.54) is 8.66 Å². The van der Waals surface area contributed by atoms with Crippen LogP contribution in [0.15, 0.2) is 49.4 Å². The second-order valence-corrected chi connectivity index (χ2v) is 9.21. The standard InChI is InChI=1S/C19H22BrN3O2S/c20-18-7-6-15(26-18)14-22-12-10-21(11-13-22)8-3-9-23-16-4-1-2-5-17(16)25-19(23)24/h1-2,4-7H,3,8-14H2. The largest absolute Gasteiger partial charge is 0.419 e. The van der Waals surface area contributed by atoms with Crippen LogP contribution in [-0.4, -0.2) is 47.1 Å². The molecule has 0 amide bonds. The highest BCUT2D eigenvalue weighted by Crippen LogP contribution is 2.23. The van der Waals surface area contributed by atoms with Crippen LogP contribution in [0.1, 0.15) is 11.3 Å². The van der Waals surface area contributed by atoms with Crippen LogP contribution in [0, 0.1) is 0 Å². The van der Waals surface area contributed by atoms with Crippen LogP contribution >= 0.6 is 27.3 Å². The lowest BCUT2D eigenvalue weighted by Crippen LogP contribution is -2.46. The van der Waals surface area contributed by atoms with Crippen molar-refractivity contribution in [3.8, 4) is 0 Å². The van der Waals surface area contributed by atoms with Gasteiger partial charge in [-0.1, -0.05) is 12.1 Å². The van der Waals surface area contributed by atoms with E-state index in [-0.39, 0.29) is 5.76 Å². The van der Waals surface area contributed by atoms with Gasteiger partial charge in [0.25, 0.3) is 0 Å². The van der Waals surface area contributed by atoms with Gasteiger partial charge in [-0.3, -0.25) is 9.47 Å². The van der Waals surface area contributed by atoms with Gasteiger partial charge in [-0.05, 0) is 53.2 Å². The Morgan fingerprint density at radius 2 is 1.77 bits per heavy atom. The van der Waals surface area contributed by atoms with Crippen LogP contribution < -0.4 is 5.76 Å². The number of fused-ring (bicyclic) bond motifs is 1. The van der Waals surface area contributed by atoms with Crippen LogP contribution in [0.4, 0.5) is 0 Å². The van der Waals surface area contributed by atoms with Gasteiger partial charge >= 0.3 is 5.76 Å². The summed E-state index contributed by atoms with van der Waals surface area (Å²) in [5.41, 5.74) is 1.57. The van der Waals surface area contributed by atoms with Crippen molar-refractivity contribution in [2.24, 2.45) is 0 Å². The molecule has 3 aromatic rings. The van der Waals surface area contributed by atoms with E-state index in [0.29, 0.717) is 12.1 Å². The lowest BCUT2D eigenvalue weighted by atomic mass is 10.2. The zero-order valence-corrected chi connectivity index (χ0v) is 17.0. The lowest BCUT2D eigenvalue weighted by molar-refractivity contribution is 0.126. The van der Waals surface area contributed by atoms with Crippen LogP contribution in [0.25, 0.3) is 11.1 Å². The normalized spacial score (nSPS) is 16.5. The second kappa shape index (κ2) is 8.08. The Hall–Kier alpha value is -1.41. The molecule has 3 heterocycles. The number of benzene rings is 1. The Bertz CT molecular complexity index is 924. The number of piperazine rings is 1. The zero-order valence-electron chi connectivity index (χ0n) is 14.6. The van der Waals surface area contributed by atoms with Crippen LogP contribution in [0.2, 0.25) is 0 Å². The van der Waals surface area contributed by atoms with E-state index in [1.807, 2.05) is 35.6 Å². The number of thiophene rings is 1. The smallest absolute Gasteiger partial charge is 0.408 e. The molecule has 0 atom stereocenters. The Morgan fingerprint density at radius 1 is 1.00 bits per heavy atom. The second-order valence-electron chi connectivity index (χ2n) is 6.66. The van der Waals surface area contributed by atoms with E-state index < -0.39 is 0 Å². The van der Waals surface area contributed by atoms with Crippen molar-refractivity contribution in [3.05, 3.63) is 55.6 Å². The van der Waals surface area contributed by atoms with Crippen LogP contribution in [-0.2, 0) is 13.1 Å². The van der Waals surface area contributed by atoms with Crippen molar-refractivity contribution >= 4 is 38.4 Å². The van der Waals surface area contributed by atoms with E-state index in [1.54, 1.807) is 4.57 Å². The first-order valence-electron chi connectivity index (χ1n) is 8.96. The summed E-state index contributed by atoms with van der Waals surface area (Å²) in [5.74, 6) is -0.252. The van der Waals surface area contributed by atoms with Gasteiger partial charge in [0.05, 0.1) is 9.30 Å². The molecule has 4 rings (SSSR count). The minimum absolute atomic E-state index is 0.252. The van der Waals surface area contributed by atoms with Crippen LogP contribution in [0.3, 0.4) is 0 Å². The summed E-state index contributed by atoms with van der Waals surface area (Å²) >= 11 is 5.35. The minimum Gasteiger partial charge on any atom is -0.408 e. The molecule has 1 aliphatic rings. The van der Waals surface area contributed by atoms with E-state index in [9.17, 15) is 4.79 Å². The summed E-state index contributed by atoms with van der Waals surface area (Å²) in [7, 11) is 0. The topological polar surface area (TPSA) is 41.6 Å². The molecule has 1 aliphatic heterocycles. The van der Waals surface area contributed by atoms with Gasteiger partial charge in [0.15, 0.2) is 5.58 Å². The average molecular weight is 436 g/mol. The highest BCUT2D eigenvalue weighted by Gasteiger charge is 2.17. The molecule has 1 aromatic carbocycles. The Balaban J connectivity index is 1.25. The van der Waals surface area contributed by atoms with E-state index in [2.05, 4.69) is 37.9 Å². The number of oxazole rings is 1. The third-order valence-corrected chi connectivity index (χ3v) is 6.51. The maximum atomic E-state index is 12.0. The number of nitrogens with zero attached hydrogens (tertiary/aromatic N) is 3. The monoisotopic (exact) mass is 435 g/mol. The fraction of sp³-hybridized carbons (Fsp3) is 0.421. The van der Waals surface area contributed by atoms with Crippen LogP contribution in [0.5, 0.6) is 0 Å². The number of rotatable bonds is 6. The molecule has 0 radical (unpaired) electrons. The quantitative estimate of drug-likeness (QED) is 0.592. The van der Waals surface area contributed by atoms with Crippen molar-refractivity contribution in [2.45, 2.75) is 19.5 Å². The first-order valence-corrected chi connectivity index (χ1v) is 10.6. The molecule has 5 nitrogen and oxygen atoms in total. The molecular weight excluding hydrogens is 414 g/mol. The van der Waals surface area contributed by atoms with E-state index >= 15 is 0 Å². The molecule has 0 unspecified atom stereocenters. The van der Waals surface area contributed by atoms with Gasteiger partial charge in [-0.2, -0.15) is 0 Å². The first-order chi connectivity index (χ1) is 12.7. The van der Waals surface area contributed by atoms with Crippen molar-refractivity contribution in [3.63, 3.8) is 0 Å². The van der Waals surface area contributed by atoms with Crippen molar-refractivity contribution in [1.82, 2.24) is 14.4 Å². The molecule has 2 aromatic heterocycles. The highest BCUT2D eigenvalue weighted by molar-refractivity contribution is 9.11. The van der Waals surface area contributed by atoms with Gasteiger partial charge in [0.2, 0.25) is 0 Å². The molecule has 1 fully saturated rings. The number of hydrogen-bond acceptors (Lipinski definition) is 5. The molecule has 0 bridgehead atoms. The zero-order chi connectivity index (χ0) is 17.9. The number of para-hydroxylation sites is 2. The van der Waals surface area contributed by atoms with Crippen molar-refractivity contribution in [2.75, 3.05) is 32.7 Å². The summed E-state index contributed by atoms with van der Waals surface area (Å²) in [6.45, 7) is 7.15. The number of aromatic nitrogens is 1. The average Bonchev–Trinajstić information content (AvgIpc) is 3.19. The summed E-state index contributed by atoms with van der Waals surface area (Å²) in [6.07, 6.45) is 0.960. The third kappa shape index (κ3) is 4.11. The number of aryl methyl sites for hydroxylation is 1. The van der Waals surface area contributed by atoms with E-state index in [0.717, 1.165) is 51.2 Å². The molecular formula is C19H22BrN3O2S. The van der Waals surface area contributed by atoms with Gasteiger partial charge in [0.1, 0.15) is 0 Å². The predicted octanol–water partition coefficient (Wildman–Crippen LogP) is 3.63. The molecule has 7 heteroatoms. The number of hydrogen-bond donors (Lipinski definition) is 0. The SMILES string of the molecule is O=c1oc2ccccc2n1CCCN1CCN(Cc2ccc(Br)s2)CC1. The molecule has 138 valence electrons. The Labute approximate surface area is 164 Å². The Morgan fingerprint density at radius 3 is 2.54 bits per heavy atom. The fourth-order valence-electron chi connectivity index (χ4n) is 3.51. The lowest BCUT2D eigenvalue weighted by Gasteiger charge is -2.34. The van der Waals surface area contributed by atoms with Crippen molar-refractivity contribution < 1.29 is 4.42 Å². The van der Waals surface area contributed by atoms with Gasteiger partial charge in [0, 0.05) is 44.1 Å². The molecule has 1 saturated heterocycles. The molecule has 0 saturated carbocycles. The minimum atomic E-state index is -0.252. The molecule has 26 heavy (non-hydrogen) atoms. The third-order valence-electron chi connectivity index (χ3n) is 4.90.